The molecule has 0 aromatic heterocycles. The van der Waals surface area contributed by atoms with Gasteiger partial charge in [0, 0.05) is 22.2 Å². The standard InChI is InChI=1S/C19H20BrNO3/c1-13(16-6-4-5-7-17(16)20)21-19(22)11-9-14-8-10-15(23-2)12-18(14)24-3/h4-13H,1-3H3,(H,21,22)/b11-9+/t13-/m1/s1. The number of methoxy groups -OCH3 is 2. The second-order valence-corrected chi connectivity index (χ2v) is 6.05. The summed E-state index contributed by atoms with van der Waals surface area (Å²) in [5.41, 5.74) is 1.84. The molecule has 24 heavy (non-hydrogen) atoms. The molecule has 0 saturated carbocycles. The van der Waals surface area contributed by atoms with Crippen molar-refractivity contribution < 1.29 is 14.3 Å². The lowest BCUT2D eigenvalue weighted by Crippen LogP contribution is -2.24. The number of amides is 1. The van der Waals surface area contributed by atoms with E-state index in [1.807, 2.05) is 43.3 Å². The third-order valence-electron chi connectivity index (χ3n) is 3.59. The zero-order chi connectivity index (χ0) is 17.5. The van der Waals surface area contributed by atoms with Gasteiger partial charge in [0.15, 0.2) is 0 Å². The average molecular weight is 390 g/mol. The van der Waals surface area contributed by atoms with Gasteiger partial charge in [-0.25, -0.2) is 0 Å². The van der Waals surface area contributed by atoms with Crippen LogP contribution in [0.1, 0.15) is 24.1 Å². The molecule has 0 unspecified atom stereocenters. The van der Waals surface area contributed by atoms with E-state index < -0.39 is 0 Å². The third-order valence-corrected chi connectivity index (χ3v) is 4.31. The molecule has 4 nitrogen and oxygen atoms in total. The molecule has 0 aliphatic heterocycles. The van der Waals surface area contributed by atoms with E-state index in [4.69, 9.17) is 9.47 Å². The van der Waals surface area contributed by atoms with Crippen LogP contribution in [-0.2, 0) is 4.79 Å². The molecule has 5 heteroatoms. The van der Waals surface area contributed by atoms with Gasteiger partial charge in [-0.15, -0.1) is 0 Å². The van der Waals surface area contributed by atoms with E-state index in [1.165, 1.54) is 6.08 Å². The summed E-state index contributed by atoms with van der Waals surface area (Å²) in [6.07, 6.45) is 3.22. The molecule has 2 aromatic carbocycles. The maximum absolute atomic E-state index is 12.2. The van der Waals surface area contributed by atoms with E-state index in [0.717, 1.165) is 15.6 Å². The van der Waals surface area contributed by atoms with Crippen LogP contribution in [0, 0.1) is 0 Å². The molecule has 1 atom stereocenters. The van der Waals surface area contributed by atoms with E-state index in [2.05, 4.69) is 21.2 Å². The van der Waals surface area contributed by atoms with Crippen molar-refractivity contribution in [1.82, 2.24) is 5.32 Å². The van der Waals surface area contributed by atoms with Crippen molar-refractivity contribution in [1.29, 1.82) is 0 Å². The van der Waals surface area contributed by atoms with Gasteiger partial charge in [0.25, 0.3) is 0 Å². The Morgan fingerprint density at radius 2 is 1.92 bits per heavy atom. The molecule has 0 spiro atoms. The Hall–Kier alpha value is -2.27. The molecule has 0 radical (unpaired) electrons. The van der Waals surface area contributed by atoms with Gasteiger partial charge in [0.05, 0.1) is 20.3 Å². The highest BCUT2D eigenvalue weighted by atomic mass is 79.9. The van der Waals surface area contributed by atoms with Crippen LogP contribution in [0.15, 0.2) is 53.0 Å². The minimum absolute atomic E-state index is 0.101. The van der Waals surface area contributed by atoms with Gasteiger partial charge in [-0.1, -0.05) is 34.1 Å². The first-order valence-corrected chi connectivity index (χ1v) is 8.29. The van der Waals surface area contributed by atoms with Crippen molar-refractivity contribution in [2.75, 3.05) is 14.2 Å². The molecule has 0 fully saturated rings. The zero-order valence-electron chi connectivity index (χ0n) is 13.9. The first-order valence-electron chi connectivity index (χ1n) is 7.50. The van der Waals surface area contributed by atoms with E-state index in [1.54, 1.807) is 26.4 Å². The van der Waals surface area contributed by atoms with Crippen molar-refractivity contribution in [2.24, 2.45) is 0 Å². The summed E-state index contributed by atoms with van der Waals surface area (Å²) < 4.78 is 11.5. The van der Waals surface area contributed by atoms with Crippen molar-refractivity contribution in [3.63, 3.8) is 0 Å². The number of hydrogen-bond donors (Lipinski definition) is 1. The van der Waals surface area contributed by atoms with Gasteiger partial charge in [0.1, 0.15) is 11.5 Å². The minimum Gasteiger partial charge on any atom is -0.497 e. The highest BCUT2D eigenvalue weighted by Gasteiger charge is 2.10. The first-order chi connectivity index (χ1) is 11.5. The normalized spacial score (nSPS) is 12.0. The van der Waals surface area contributed by atoms with E-state index >= 15 is 0 Å². The molecular formula is C19H20BrNO3. The van der Waals surface area contributed by atoms with Crippen LogP contribution in [0.4, 0.5) is 0 Å². The number of nitrogens with one attached hydrogen (secondary N) is 1. The molecule has 1 amide bonds. The molecule has 1 N–H and O–H groups in total. The van der Waals surface area contributed by atoms with Gasteiger partial charge in [-0.2, -0.15) is 0 Å². The number of rotatable bonds is 6. The SMILES string of the molecule is COc1ccc(/C=C/C(=O)N[C@H](C)c2ccccc2Br)c(OC)c1. The quantitative estimate of drug-likeness (QED) is 0.746. The Labute approximate surface area is 150 Å². The lowest BCUT2D eigenvalue weighted by Gasteiger charge is -2.14. The molecule has 0 saturated heterocycles. The molecule has 126 valence electrons. The number of carbonyl (C=O) groups excluding carboxylic acids is 1. The van der Waals surface area contributed by atoms with Gasteiger partial charge < -0.3 is 14.8 Å². The topological polar surface area (TPSA) is 47.6 Å². The first kappa shape index (κ1) is 18.1. The van der Waals surface area contributed by atoms with Crippen LogP contribution in [0.3, 0.4) is 0 Å². The molecule has 0 aliphatic rings. The van der Waals surface area contributed by atoms with Crippen molar-refractivity contribution >= 4 is 27.9 Å². The lowest BCUT2D eigenvalue weighted by molar-refractivity contribution is -0.117. The van der Waals surface area contributed by atoms with Crippen LogP contribution in [-0.4, -0.2) is 20.1 Å². The second kappa shape index (κ2) is 8.55. The van der Waals surface area contributed by atoms with Gasteiger partial charge >= 0.3 is 0 Å². The Morgan fingerprint density at radius 1 is 1.17 bits per heavy atom. The number of benzene rings is 2. The predicted octanol–water partition coefficient (Wildman–Crippen LogP) is 4.36. The third kappa shape index (κ3) is 4.61. The molecule has 0 bridgehead atoms. The summed E-state index contributed by atoms with van der Waals surface area (Å²) in [6.45, 7) is 1.94. The Balaban J connectivity index is 2.07. The second-order valence-electron chi connectivity index (χ2n) is 5.19. The summed E-state index contributed by atoms with van der Waals surface area (Å²) in [6, 6.07) is 13.2. The highest BCUT2D eigenvalue weighted by Crippen LogP contribution is 2.26. The minimum atomic E-state index is -0.170. The summed E-state index contributed by atoms with van der Waals surface area (Å²) in [7, 11) is 3.18. The van der Waals surface area contributed by atoms with Crippen LogP contribution in [0.5, 0.6) is 11.5 Å². The molecule has 2 aromatic rings. The fourth-order valence-corrected chi connectivity index (χ4v) is 2.92. The van der Waals surface area contributed by atoms with E-state index in [-0.39, 0.29) is 11.9 Å². The smallest absolute Gasteiger partial charge is 0.244 e. The van der Waals surface area contributed by atoms with Crippen molar-refractivity contribution in [2.45, 2.75) is 13.0 Å². The summed E-state index contributed by atoms with van der Waals surface area (Å²) >= 11 is 3.50. The average Bonchev–Trinajstić information content (AvgIpc) is 2.60. The highest BCUT2D eigenvalue weighted by molar-refractivity contribution is 9.10. The number of hydrogen-bond acceptors (Lipinski definition) is 3. The van der Waals surface area contributed by atoms with Gasteiger partial charge in [-0.3, -0.25) is 4.79 Å². The van der Waals surface area contributed by atoms with Crippen molar-refractivity contribution in [3.05, 3.63) is 64.1 Å². The number of carbonyl (C=O) groups is 1. The number of halogens is 1. The van der Waals surface area contributed by atoms with Crippen LogP contribution < -0.4 is 14.8 Å². The maximum atomic E-state index is 12.2. The lowest BCUT2D eigenvalue weighted by atomic mass is 10.1. The zero-order valence-corrected chi connectivity index (χ0v) is 15.5. The largest absolute Gasteiger partial charge is 0.497 e. The predicted molar refractivity (Wildman–Crippen MR) is 99.3 cm³/mol. The summed E-state index contributed by atoms with van der Waals surface area (Å²) in [5, 5.41) is 2.95. The van der Waals surface area contributed by atoms with Crippen molar-refractivity contribution in [3.8, 4) is 11.5 Å². The fraction of sp³-hybridized carbons (Fsp3) is 0.211. The summed E-state index contributed by atoms with van der Waals surface area (Å²) in [5.74, 6) is 1.18. The van der Waals surface area contributed by atoms with E-state index in [9.17, 15) is 4.79 Å². The van der Waals surface area contributed by atoms with Crippen LogP contribution in [0.2, 0.25) is 0 Å². The monoisotopic (exact) mass is 389 g/mol. The van der Waals surface area contributed by atoms with Gasteiger partial charge in [0.2, 0.25) is 5.91 Å². The van der Waals surface area contributed by atoms with Crippen LogP contribution in [0.25, 0.3) is 6.08 Å². The Morgan fingerprint density at radius 3 is 2.58 bits per heavy atom. The molecule has 0 aliphatic carbocycles. The maximum Gasteiger partial charge on any atom is 0.244 e. The number of ether oxygens (including phenoxy) is 2. The Bertz CT molecular complexity index is 743. The molecular weight excluding hydrogens is 370 g/mol. The Kier molecular flexibility index (Phi) is 6.44. The van der Waals surface area contributed by atoms with Crippen LogP contribution >= 0.6 is 15.9 Å². The van der Waals surface area contributed by atoms with Gasteiger partial charge in [-0.05, 0) is 36.8 Å². The van der Waals surface area contributed by atoms with E-state index in [0.29, 0.717) is 11.5 Å². The fourth-order valence-electron chi connectivity index (χ4n) is 2.29. The molecule has 2 rings (SSSR count). The summed E-state index contributed by atoms with van der Waals surface area (Å²) in [4.78, 5) is 12.2. The molecule has 0 heterocycles.